The number of nitrogens with zero attached hydrogens (tertiary/aromatic N) is 3. The monoisotopic (exact) mass is 342 g/mol. The number of amides is 1. The Labute approximate surface area is 144 Å². The van der Waals surface area contributed by atoms with Gasteiger partial charge in [0.05, 0.1) is 6.61 Å². The van der Waals surface area contributed by atoms with Gasteiger partial charge in [0, 0.05) is 0 Å². The van der Waals surface area contributed by atoms with Crippen molar-refractivity contribution in [2.75, 3.05) is 11.9 Å². The minimum absolute atomic E-state index is 0.00507. The highest BCUT2D eigenvalue weighted by Gasteiger charge is 2.12. The second kappa shape index (κ2) is 8.79. The number of anilines is 1. The van der Waals surface area contributed by atoms with Crippen LogP contribution in [0.3, 0.4) is 0 Å². The van der Waals surface area contributed by atoms with Crippen molar-refractivity contribution in [3.05, 3.63) is 40.4 Å². The Kier molecular flexibility index (Phi) is 6.46. The first-order valence-corrected chi connectivity index (χ1v) is 8.46. The van der Waals surface area contributed by atoms with Crippen LogP contribution in [0.4, 0.5) is 5.13 Å². The maximum Gasteiger partial charge on any atom is 0.268 e. The molecule has 0 spiro atoms. The largest absolute Gasteiger partial charge is 0.494 e. The molecule has 0 aliphatic heterocycles. The highest BCUT2D eigenvalue weighted by Crippen LogP contribution is 2.18. The van der Waals surface area contributed by atoms with Gasteiger partial charge in [0.25, 0.3) is 5.91 Å². The fourth-order valence-corrected chi connectivity index (χ4v) is 2.48. The molecule has 0 radical (unpaired) electrons. The lowest BCUT2D eigenvalue weighted by molar-refractivity contribution is -0.112. The van der Waals surface area contributed by atoms with Gasteiger partial charge >= 0.3 is 0 Å². The van der Waals surface area contributed by atoms with E-state index in [4.69, 9.17) is 4.74 Å². The van der Waals surface area contributed by atoms with E-state index in [1.807, 2.05) is 32.0 Å². The number of aromatic nitrogens is 2. The summed E-state index contributed by atoms with van der Waals surface area (Å²) < 4.78 is 5.50. The number of nitrogens with one attached hydrogen (secondary N) is 1. The number of hydrogen-bond donors (Lipinski definition) is 1. The second-order valence-electron chi connectivity index (χ2n) is 4.90. The summed E-state index contributed by atoms with van der Waals surface area (Å²) in [6, 6.07) is 9.14. The van der Waals surface area contributed by atoms with Crippen LogP contribution >= 0.6 is 11.3 Å². The molecule has 0 bridgehead atoms. The van der Waals surface area contributed by atoms with Crippen molar-refractivity contribution in [1.82, 2.24) is 10.2 Å². The van der Waals surface area contributed by atoms with Gasteiger partial charge in [-0.05, 0) is 36.6 Å². The Morgan fingerprint density at radius 2 is 2.08 bits per heavy atom. The number of ether oxygens (including phenoxy) is 1. The van der Waals surface area contributed by atoms with Gasteiger partial charge in [-0.1, -0.05) is 37.3 Å². The second-order valence-corrected chi connectivity index (χ2v) is 5.96. The zero-order valence-corrected chi connectivity index (χ0v) is 14.4. The molecule has 1 N–H and O–H groups in total. The molecule has 1 aromatic carbocycles. The molecule has 1 amide bonds. The lowest BCUT2D eigenvalue weighted by atomic mass is 10.1. The molecule has 2 rings (SSSR count). The van der Waals surface area contributed by atoms with Crippen molar-refractivity contribution in [3.63, 3.8) is 0 Å². The molecule has 0 fully saturated rings. The summed E-state index contributed by atoms with van der Waals surface area (Å²) in [6.07, 6.45) is 3.22. The van der Waals surface area contributed by atoms with Crippen LogP contribution in [0.25, 0.3) is 6.08 Å². The number of nitriles is 1. The Morgan fingerprint density at radius 3 is 2.67 bits per heavy atom. The fraction of sp³-hybridized carbons (Fsp3) is 0.294. The summed E-state index contributed by atoms with van der Waals surface area (Å²) in [7, 11) is 0. The summed E-state index contributed by atoms with van der Waals surface area (Å²) in [5.41, 5.74) is 0.752. The predicted octanol–water partition coefficient (Wildman–Crippen LogP) is 3.43. The third-order valence-corrected chi connectivity index (χ3v) is 4.00. The van der Waals surface area contributed by atoms with Crippen LogP contribution in [0.1, 0.15) is 30.8 Å². The lowest BCUT2D eigenvalue weighted by Crippen LogP contribution is -2.13. The van der Waals surface area contributed by atoms with Gasteiger partial charge in [0.1, 0.15) is 22.4 Å². The van der Waals surface area contributed by atoms with Gasteiger partial charge in [-0.2, -0.15) is 5.26 Å². The predicted molar refractivity (Wildman–Crippen MR) is 93.7 cm³/mol. The number of aryl methyl sites for hydroxylation is 1. The molecule has 6 nitrogen and oxygen atoms in total. The van der Waals surface area contributed by atoms with Gasteiger partial charge < -0.3 is 4.74 Å². The van der Waals surface area contributed by atoms with E-state index < -0.39 is 5.91 Å². The molecule has 0 aliphatic carbocycles. The van der Waals surface area contributed by atoms with Crippen LogP contribution in [0.2, 0.25) is 0 Å². The number of benzene rings is 1. The standard InChI is InChI=1S/C17H18N4O2S/c1-3-9-23-14-7-5-12(6-8-14)10-13(11-18)16(22)19-17-21-20-15(4-2)24-17/h5-8,10H,3-4,9H2,1-2H3,(H,19,21,22)/b13-10+. The molecule has 0 saturated heterocycles. The van der Waals surface area contributed by atoms with E-state index >= 15 is 0 Å². The SMILES string of the molecule is CCCOc1ccc(/C=C(\C#N)C(=O)Nc2nnc(CC)s2)cc1. The van der Waals surface area contributed by atoms with Crippen LogP contribution < -0.4 is 10.1 Å². The van der Waals surface area contributed by atoms with Gasteiger partial charge in [-0.25, -0.2) is 0 Å². The molecule has 7 heteroatoms. The van der Waals surface area contributed by atoms with E-state index in [0.717, 1.165) is 29.2 Å². The molecular weight excluding hydrogens is 324 g/mol. The van der Waals surface area contributed by atoms with E-state index in [2.05, 4.69) is 15.5 Å². The first kappa shape index (κ1) is 17.6. The summed E-state index contributed by atoms with van der Waals surface area (Å²) >= 11 is 1.30. The van der Waals surface area contributed by atoms with E-state index in [0.29, 0.717) is 11.7 Å². The van der Waals surface area contributed by atoms with E-state index in [1.54, 1.807) is 12.1 Å². The molecule has 0 aliphatic rings. The average Bonchev–Trinajstić information content (AvgIpc) is 3.06. The van der Waals surface area contributed by atoms with Crippen LogP contribution in [-0.2, 0) is 11.2 Å². The number of carbonyl (C=O) groups excluding carboxylic acids is 1. The first-order valence-electron chi connectivity index (χ1n) is 7.64. The van der Waals surface area contributed by atoms with E-state index in [1.165, 1.54) is 17.4 Å². The van der Waals surface area contributed by atoms with Crippen molar-refractivity contribution in [2.45, 2.75) is 26.7 Å². The van der Waals surface area contributed by atoms with Gasteiger partial charge in [-0.3, -0.25) is 10.1 Å². The van der Waals surface area contributed by atoms with Crippen molar-refractivity contribution >= 4 is 28.5 Å². The van der Waals surface area contributed by atoms with Gasteiger partial charge in [-0.15, -0.1) is 10.2 Å². The third kappa shape index (κ3) is 4.89. The maximum absolute atomic E-state index is 12.2. The fourth-order valence-electron chi connectivity index (χ4n) is 1.81. The zero-order chi connectivity index (χ0) is 17.4. The first-order chi connectivity index (χ1) is 11.7. The molecule has 1 heterocycles. The summed E-state index contributed by atoms with van der Waals surface area (Å²) in [5, 5.41) is 20.8. The molecule has 1 aromatic heterocycles. The van der Waals surface area contributed by atoms with Crippen LogP contribution in [-0.4, -0.2) is 22.7 Å². The Hall–Kier alpha value is -2.72. The molecule has 2 aromatic rings. The minimum Gasteiger partial charge on any atom is -0.494 e. The molecular formula is C17H18N4O2S. The highest BCUT2D eigenvalue weighted by molar-refractivity contribution is 7.15. The van der Waals surface area contributed by atoms with Crippen molar-refractivity contribution in [2.24, 2.45) is 0 Å². The molecule has 0 saturated carbocycles. The third-order valence-electron chi connectivity index (χ3n) is 3.02. The van der Waals surface area contributed by atoms with Crippen molar-refractivity contribution < 1.29 is 9.53 Å². The summed E-state index contributed by atoms with van der Waals surface area (Å²) in [4.78, 5) is 12.2. The summed E-state index contributed by atoms with van der Waals surface area (Å²) in [6.45, 7) is 4.65. The van der Waals surface area contributed by atoms with Crippen LogP contribution in [0.15, 0.2) is 29.8 Å². The quantitative estimate of drug-likeness (QED) is 0.615. The number of hydrogen-bond acceptors (Lipinski definition) is 6. The number of rotatable bonds is 7. The Balaban J connectivity index is 2.07. The van der Waals surface area contributed by atoms with Gasteiger partial charge in [0.15, 0.2) is 0 Å². The van der Waals surface area contributed by atoms with Gasteiger partial charge in [0.2, 0.25) is 5.13 Å². The highest BCUT2D eigenvalue weighted by atomic mass is 32.1. The Morgan fingerprint density at radius 1 is 1.33 bits per heavy atom. The van der Waals surface area contributed by atoms with Crippen molar-refractivity contribution in [3.8, 4) is 11.8 Å². The molecule has 24 heavy (non-hydrogen) atoms. The van der Waals surface area contributed by atoms with Crippen molar-refractivity contribution in [1.29, 1.82) is 5.26 Å². The Bertz CT molecular complexity index is 760. The molecule has 124 valence electrons. The smallest absolute Gasteiger partial charge is 0.268 e. The van der Waals surface area contributed by atoms with Crippen LogP contribution in [0.5, 0.6) is 5.75 Å². The minimum atomic E-state index is -0.498. The van der Waals surface area contributed by atoms with E-state index in [-0.39, 0.29) is 5.57 Å². The van der Waals surface area contributed by atoms with Crippen LogP contribution in [0, 0.1) is 11.3 Å². The zero-order valence-electron chi connectivity index (χ0n) is 13.6. The van der Waals surface area contributed by atoms with E-state index in [9.17, 15) is 10.1 Å². The number of carbonyl (C=O) groups is 1. The normalized spacial score (nSPS) is 11.0. The topological polar surface area (TPSA) is 87.9 Å². The lowest BCUT2D eigenvalue weighted by Gasteiger charge is -2.04. The molecule has 0 unspecified atom stereocenters. The maximum atomic E-state index is 12.2. The summed E-state index contributed by atoms with van der Waals surface area (Å²) in [5.74, 6) is 0.264. The average molecular weight is 342 g/mol. The molecule has 0 atom stereocenters.